The Hall–Kier alpha value is -4.12. The van der Waals surface area contributed by atoms with Gasteiger partial charge in [-0.1, -0.05) is 66.7 Å². The molecule has 2 aliphatic rings. The topological polar surface area (TPSA) is 62.5 Å². The Morgan fingerprint density at radius 2 is 1.47 bits per heavy atom. The Morgan fingerprint density at radius 1 is 0.853 bits per heavy atom. The standard InChI is InChI=1S/C29H24N2O3/c32-28(33)18-30-26-12-6-3-9-22(26)23-17-21(15-16-27(23)30)29(34)31-24-10-4-1-7-19(24)13-14-20-8-2-5-11-25(20)31/h1-14,21H,15-18H2,(H,32,33). The average Bonchev–Trinajstić information content (AvgIpc) is 3.05. The maximum atomic E-state index is 14.2. The van der Waals surface area contributed by atoms with Crippen molar-refractivity contribution in [1.82, 2.24) is 4.57 Å². The van der Waals surface area contributed by atoms with Gasteiger partial charge in [-0.15, -0.1) is 0 Å². The number of aliphatic carboxylic acids is 1. The van der Waals surface area contributed by atoms with E-state index in [0.29, 0.717) is 19.3 Å². The van der Waals surface area contributed by atoms with Crippen LogP contribution in [0.25, 0.3) is 23.1 Å². The Morgan fingerprint density at radius 3 is 2.15 bits per heavy atom. The minimum Gasteiger partial charge on any atom is -0.480 e. The molecule has 1 atom stereocenters. The lowest BCUT2D eigenvalue weighted by Crippen LogP contribution is -2.36. The first-order valence-electron chi connectivity index (χ1n) is 11.6. The summed E-state index contributed by atoms with van der Waals surface area (Å²) in [7, 11) is 0. The van der Waals surface area contributed by atoms with Crippen LogP contribution in [-0.2, 0) is 29.0 Å². The molecular formula is C29H24N2O3. The first-order chi connectivity index (χ1) is 16.6. The van der Waals surface area contributed by atoms with Crippen LogP contribution in [0.3, 0.4) is 0 Å². The molecule has 1 aliphatic carbocycles. The van der Waals surface area contributed by atoms with Crippen LogP contribution in [0.1, 0.15) is 28.8 Å². The number of hydrogen-bond donors (Lipinski definition) is 1. The number of para-hydroxylation sites is 3. The second-order valence-electron chi connectivity index (χ2n) is 8.99. The number of carboxylic acids is 1. The molecule has 5 nitrogen and oxygen atoms in total. The highest BCUT2D eigenvalue weighted by atomic mass is 16.4. The molecule has 1 N–H and O–H groups in total. The van der Waals surface area contributed by atoms with Gasteiger partial charge < -0.3 is 9.67 Å². The molecule has 2 heterocycles. The number of benzene rings is 3. The van der Waals surface area contributed by atoms with Crippen molar-refractivity contribution in [3.05, 3.63) is 95.2 Å². The fourth-order valence-electron chi connectivity index (χ4n) is 5.52. The highest BCUT2D eigenvalue weighted by Crippen LogP contribution is 2.40. The van der Waals surface area contributed by atoms with Gasteiger partial charge in [0.15, 0.2) is 0 Å². The van der Waals surface area contributed by atoms with Gasteiger partial charge in [0.1, 0.15) is 6.54 Å². The fourth-order valence-corrected chi connectivity index (χ4v) is 5.52. The number of rotatable bonds is 3. The lowest BCUT2D eigenvalue weighted by Gasteiger charge is -2.31. The van der Waals surface area contributed by atoms with Crippen molar-refractivity contribution in [2.24, 2.45) is 5.92 Å². The van der Waals surface area contributed by atoms with E-state index in [4.69, 9.17) is 0 Å². The lowest BCUT2D eigenvalue weighted by atomic mass is 9.85. The van der Waals surface area contributed by atoms with Crippen LogP contribution in [0.4, 0.5) is 11.4 Å². The van der Waals surface area contributed by atoms with Gasteiger partial charge in [-0.25, -0.2) is 0 Å². The van der Waals surface area contributed by atoms with Crippen LogP contribution in [0.2, 0.25) is 0 Å². The maximum absolute atomic E-state index is 14.2. The Labute approximate surface area is 197 Å². The van der Waals surface area contributed by atoms with Crippen LogP contribution in [0, 0.1) is 5.92 Å². The monoisotopic (exact) mass is 448 g/mol. The van der Waals surface area contributed by atoms with E-state index < -0.39 is 5.97 Å². The molecule has 4 aromatic rings. The smallest absolute Gasteiger partial charge is 0.323 e. The minimum absolute atomic E-state index is 0.0625. The van der Waals surface area contributed by atoms with E-state index >= 15 is 0 Å². The molecule has 5 heteroatoms. The number of fused-ring (bicyclic) bond motifs is 5. The summed E-state index contributed by atoms with van der Waals surface area (Å²) in [6.07, 6.45) is 6.12. The molecule has 1 unspecified atom stereocenters. The number of carboxylic acid groups (broad SMARTS) is 1. The van der Waals surface area contributed by atoms with E-state index in [1.165, 1.54) is 0 Å². The van der Waals surface area contributed by atoms with Crippen molar-refractivity contribution in [3.8, 4) is 0 Å². The number of carbonyl (C=O) groups excluding carboxylic acids is 1. The third kappa shape index (κ3) is 3.24. The molecule has 168 valence electrons. The summed E-state index contributed by atoms with van der Waals surface area (Å²) in [4.78, 5) is 27.6. The molecule has 1 amide bonds. The van der Waals surface area contributed by atoms with Crippen molar-refractivity contribution in [3.63, 3.8) is 0 Å². The number of nitrogens with zero attached hydrogens (tertiary/aromatic N) is 2. The van der Waals surface area contributed by atoms with Crippen molar-refractivity contribution in [1.29, 1.82) is 0 Å². The normalized spacial score (nSPS) is 16.5. The molecule has 0 radical (unpaired) electrons. The summed E-state index contributed by atoms with van der Waals surface area (Å²) in [6.45, 7) is -0.0625. The molecule has 1 aromatic heterocycles. The first-order valence-corrected chi connectivity index (χ1v) is 11.6. The van der Waals surface area contributed by atoms with E-state index in [9.17, 15) is 14.7 Å². The van der Waals surface area contributed by atoms with E-state index in [-0.39, 0.29) is 18.4 Å². The van der Waals surface area contributed by atoms with Gasteiger partial charge in [-0.05, 0) is 54.2 Å². The number of carbonyl (C=O) groups is 2. The number of anilines is 2. The third-order valence-electron chi connectivity index (χ3n) is 7.04. The minimum atomic E-state index is -0.855. The molecule has 0 fully saturated rings. The summed E-state index contributed by atoms with van der Waals surface area (Å²) in [5.74, 6) is -0.952. The Balaban J connectivity index is 1.43. The average molecular weight is 449 g/mol. The third-order valence-corrected chi connectivity index (χ3v) is 7.04. The molecule has 0 spiro atoms. The van der Waals surface area contributed by atoms with Gasteiger partial charge >= 0.3 is 5.97 Å². The van der Waals surface area contributed by atoms with Gasteiger partial charge in [-0.3, -0.25) is 14.5 Å². The van der Waals surface area contributed by atoms with Gasteiger partial charge in [0.05, 0.1) is 11.4 Å². The largest absolute Gasteiger partial charge is 0.480 e. The number of amides is 1. The first kappa shape index (κ1) is 20.5. The summed E-state index contributed by atoms with van der Waals surface area (Å²) >= 11 is 0. The molecule has 3 aromatic carbocycles. The van der Waals surface area contributed by atoms with Gasteiger partial charge in [0, 0.05) is 22.5 Å². The van der Waals surface area contributed by atoms with Crippen LogP contribution < -0.4 is 4.90 Å². The number of hydrogen-bond acceptors (Lipinski definition) is 2. The quantitative estimate of drug-likeness (QED) is 0.439. The second kappa shape index (κ2) is 8.03. The zero-order chi connectivity index (χ0) is 23.2. The summed E-state index contributed by atoms with van der Waals surface area (Å²) in [6, 6.07) is 23.9. The van der Waals surface area contributed by atoms with E-state index in [0.717, 1.165) is 44.7 Å². The van der Waals surface area contributed by atoms with Crippen molar-refractivity contribution in [2.75, 3.05) is 4.90 Å². The maximum Gasteiger partial charge on any atom is 0.323 e. The molecular weight excluding hydrogens is 424 g/mol. The predicted octanol–water partition coefficient (Wildman–Crippen LogP) is 5.68. The zero-order valence-electron chi connectivity index (χ0n) is 18.6. The van der Waals surface area contributed by atoms with Crippen LogP contribution >= 0.6 is 0 Å². The predicted molar refractivity (Wildman–Crippen MR) is 134 cm³/mol. The zero-order valence-corrected chi connectivity index (χ0v) is 18.6. The van der Waals surface area contributed by atoms with Gasteiger partial charge in [0.25, 0.3) is 0 Å². The van der Waals surface area contributed by atoms with E-state index in [1.54, 1.807) is 0 Å². The summed E-state index contributed by atoms with van der Waals surface area (Å²) in [5, 5.41) is 10.5. The number of aromatic nitrogens is 1. The lowest BCUT2D eigenvalue weighted by molar-refractivity contribution is -0.137. The Bertz CT molecular complexity index is 1430. The van der Waals surface area contributed by atoms with E-state index in [2.05, 4.69) is 12.2 Å². The van der Waals surface area contributed by atoms with Crippen LogP contribution in [0.5, 0.6) is 0 Å². The highest BCUT2D eigenvalue weighted by molar-refractivity contribution is 6.07. The molecule has 1 aliphatic heterocycles. The van der Waals surface area contributed by atoms with Crippen molar-refractivity contribution >= 4 is 46.3 Å². The molecule has 0 saturated carbocycles. The van der Waals surface area contributed by atoms with Crippen LogP contribution in [0.15, 0.2) is 72.8 Å². The summed E-state index contributed by atoms with van der Waals surface area (Å²) < 4.78 is 1.91. The molecule has 0 saturated heterocycles. The van der Waals surface area contributed by atoms with Gasteiger partial charge in [0.2, 0.25) is 5.91 Å². The van der Waals surface area contributed by atoms with Crippen molar-refractivity contribution < 1.29 is 14.7 Å². The van der Waals surface area contributed by atoms with Gasteiger partial charge in [-0.2, -0.15) is 0 Å². The SMILES string of the molecule is O=C(O)Cn1c2c(c3ccccc31)CC(C(=O)N1c3ccccc3C=Cc3ccccc31)CC2. The van der Waals surface area contributed by atoms with Crippen molar-refractivity contribution in [2.45, 2.75) is 25.8 Å². The van der Waals surface area contributed by atoms with E-state index in [1.807, 2.05) is 82.3 Å². The van der Waals surface area contributed by atoms with Crippen LogP contribution in [-0.4, -0.2) is 21.6 Å². The molecule has 34 heavy (non-hydrogen) atoms. The Kier molecular flexibility index (Phi) is 4.84. The fraction of sp³-hybridized carbons (Fsp3) is 0.172. The second-order valence-corrected chi connectivity index (χ2v) is 8.99. The summed E-state index contributed by atoms with van der Waals surface area (Å²) in [5.41, 5.74) is 6.91. The molecule has 0 bridgehead atoms. The molecule has 6 rings (SSSR count). The highest BCUT2D eigenvalue weighted by Gasteiger charge is 2.34.